The van der Waals surface area contributed by atoms with Crippen LogP contribution in [-0.4, -0.2) is 27.8 Å². The molecule has 8 rings (SSSR count). The summed E-state index contributed by atoms with van der Waals surface area (Å²) in [5.41, 5.74) is 10.1. The number of nitrogens with one attached hydrogen (secondary N) is 1. The fourth-order valence-corrected chi connectivity index (χ4v) is 7.20. The summed E-state index contributed by atoms with van der Waals surface area (Å²) < 4.78 is 2.44. The van der Waals surface area contributed by atoms with Gasteiger partial charge in [-0.05, 0) is 70.6 Å². The molecule has 2 atom stereocenters. The van der Waals surface area contributed by atoms with E-state index >= 15 is 0 Å². The molecular formula is C30H23BN2O2. The van der Waals surface area contributed by atoms with Gasteiger partial charge in [-0.25, -0.2) is 0 Å². The number of hydrogen-bond acceptors (Lipinski definition) is 3. The number of aromatic nitrogens is 1. The first-order chi connectivity index (χ1) is 17.2. The number of allylic oxidation sites excluding steroid dienone is 5. The van der Waals surface area contributed by atoms with Crippen molar-refractivity contribution < 1.29 is 10.0 Å². The van der Waals surface area contributed by atoms with Crippen molar-refractivity contribution in [2.75, 3.05) is 0 Å². The summed E-state index contributed by atoms with van der Waals surface area (Å²) in [5, 5.41) is 26.5. The van der Waals surface area contributed by atoms with E-state index in [0.29, 0.717) is 5.46 Å². The number of rotatable bonds is 1. The maximum Gasteiger partial charge on any atom is 0.488 e. The van der Waals surface area contributed by atoms with E-state index in [2.05, 4.69) is 82.7 Å². The van der Waals surface area contributed by atoms with Gasteiger partial charge in [0.05, 0.1) is 22.5 Å². The summed E-state index contributed by atoms with van der Waals surface area (Å²) >= 11 is 0. The molecule has 3 heterocycles. The van der Waals surface area contributed by atoms with Gasteiger partial charge in [-0.3, -0.25) is 0 Å². The van der Waals surface area contributed by atoms with Crippen molar-refractivity contribution in [1.29, 1.82) is 0 Å². The van der Waals surface area contributed by atoms with E-state index in [-0.39, 0.29) is 6.04 Å². The van der Waals surface area contributed by atoms with Gasteiger partial charge in [-0.15, -0.1) is 0 Å². The maximum atomic E-state index is 10.1. The second-order valence-corrected chi connectivity index (χ2v) is 9.92. The summed E-state index contributed by atoms with van der Waals surface area (Å²) in [7, 11) is -1.51. The Bertz CT molecular complexity index is 1720. The minimum absolute atomic E-state index is 0.0229. The molecule has 4 nitrogen and oxygen atoms in total. The van der Waals surface area contributed by atoms with Crippen LogP contribution in [0.2, 0.25) is 0 Å². The van der Waals surface area contributed by atoms with Gasteiger partial charge in [0.15, 0.2) is 0 Å². The minimum Gasteiger partial charge on any atom is -0.423 e. The van der Waals surface area contributed by atoms with Gasteiger partial charge in [-0.1, -0.05) is 66.7 Å². The van der Waals surface area contributed by atoms with Crippen LogP contribution in [0, 0.1) is 0 Å². The summed E-state index contributed by atoms with van der Waals surface area (Å²) in [4.78, 5) is 0. The molecule has 4 aromatic rings. The summed E-state index contributed by atoms with van der Waals surface area (Å²) in [6.45, 7) is 0. The van der Waals surface area contributed by atoms with Crippen LogP contribution in [0.4, 0.5) is 0 Å². The van der Waals surface area contributed by atoms with E-state index in [0.717, 1.165) is 18.4 Å². The highest BCUT2D eigenvalue weighted by Crippen LogP contribution is 2.60. The summed E-state index contributed by atoms with van der Waals surface area (Å²) in [6, 6.07) is 21.3. The fourth-order valence-electron chi connectivity index (χ4n) is 7.20. The Labute approximate surface area is 203 Å². The Hall–Kier alpha value is -3.80. The van der Waals surface area contributed by atoms with E-state index in [4.69, 9.17) is 0 Å². The molecule has 1 spiro atoms. The monoisotopic (exact) mass is 454 g/mol. The van der Waals surface area contributed by atoms with Crippen LogP contribution >= 0.6 is 0 Å². The molecule has 2 aliphatic heterocycles. The van der Waals surface area contributed by atoms with Gasteiger partial charge in [-0.2, -0.15) is 0 Å². The topological polar surface area (TPSA) is 57.4 Å². The lowest BCUT2D eigenvalue weighted by Crippen LogP contribution is -2.53. The van der Waals surface area contributed by atoms with Gasteiger partial charge in [0.25, 0.3) is 0 Å². The van der Waals surface area contributed by atoms with Gasteiger partial charge in [0.1, 0.15) is 0 Å². The minimum atomic E-state index is -1.51. The zero-order valence-electron chi connectivity index (χ0n) is 19.1. The third-order valence-corrected chi connectivity index (χ3v) is 8.44. The van der Waals surface area contributed by atoms with Crippen molar-refractivity contribution in [3.63, 3.8) is 0 Å². The lowest BCUT2D eigenvalue weighted by atomic mass is 9.61. The third-order valence-electron chi connectivity index (χ3n) is 8.44. The molecule has 35 heavy (non-hydrogen) atoms. The van der Waals surface area contributed by atoms with Gasteiger partial charge >= 0.3 is 7.12 Å². The number of hydrogen-bond donors (Lipinski definition) is 3. The highest BCUT2D eigenvalue weighted by atomic mass is 16.4. The number of fused-ring (bicyclic) bond motifs is 11. The van der Waals surface area contributed by atoms with Crippen molar-refractivity contribution in [2.24, 2.45) is 0 Å². The molecule has 1 aromatic heterocycles. The average molecular weight is 454 g/mol. The zero-order valence-corrected chi connectivity index (χ0v) is 19.1. The van der Waals surface area contributed by atoms with Crippen molar-refractivity contribution in [2.45, 2.75) is 24.3 Å². The van der Waals surface area contributed by atoms with Crippen LogP contribution in [-0.2, 0) is 5.41 Å². The van der Waals surface area contributed by atoms with E-state index in [1.807, 2.05) is 18.3 Å². The standard InChI is InChI=1S/C30H23BN2O2/c34-31(35)18-14-15-20-19-7-1-3-10-23(19)30(25(20)17-18)24-11-5-9-22-21-8-2-4-12-26(21)33(28(22)24)27-13-6-16-32-29(27)30/h1-2,4-9,11-17,29,32,34-35H,3,10H2. The maximum absolute atomic E-state index is 10.1. The van der Waals surface area contributed by atoms with Crippen LogP contribution in [0.1, 0.15) is 29.5 Å². The van der Waals surface area contributed by atoms with Crippen LogP contribution in [0.3, 0.4) is 0 Å². The molecule has 168 valence electrons. The SMILES string of the molecule is OB(O)c1ccc2c(c1)C1(C3=C2C=CCC3)c2cccc3c4ccccc4n(c23)C2=CC=CNC21. The molecule has 0 amide bonds. The Morgan fingerprint density at radius 3 is 2.77 bits per heavy atom. The Balaban J connectivity index is 1.61. The highest BCUT2D eigenvalue weighted by molar-refractivity contribution is 6.58. The Kier molecular flexibility index (Phi) is 3.71. The smallest absolute Gasteiger partial charge is 0.423 e. The molecule has 3 N–H and O–H groups in total. The van der Waals surface area contributed by atoms with Crippen LogP contribution < -0.4 is 10.8 Å². The molecule has 0 radical (unpaired) electrons. The lowest BCUT2D eigenvalue weighted by molar-refractivity contribution is 0.425. The second-order valence-electron chi connectivity index (χ2n) is 9.92. The van der Waals surface area contributed by atoms with E-state index in [9.17, 15) is 10.0 Å². The van der Waals surface area contributed by atoms with Crippen molar-refractivity contribution in [1.82, 2.24) is 9.88 Å². The van der Waals surface area contributed by atoms with Crippen LogP contribution in [0.15, 0.2) is 96.7 Å². The van der Waals surface area contributed by atoms with E-state index < -0.39 is 12.5 Å². The first-order valence-corrected chi connectivity index (χ1v) is 12.3. The van der Waals surface area contributed by atoms with Crippen LogP contribution in [0.25, 0.3) is 33.1 Å². The zero-order chi connectivity index (χ0) is 23.3. The lowest BCUT2D eigenvalue weighted by Gasteiger charge is -2.48. The van der Waals surface area contributed by atoms with Gasteiger partial charge in [0, 0.05) is 16.5 Å². The summed E-state index contributed by atoms with van der Waals surface area (Å²) in [6.07, 6.45) is 12.9. The fraction of sp³-hybridized carbons (Fsp3) is 0.133. The largest absolute Gasteiger partial charge is 0.488 e. The molecule has 2 aliphatic carbocycles. The Morgan fingerprint density at radius 2 is 1.86 bits per heavy atom. The molecule has 5 heteroatoms. The molecular weight excluding hydrogens is 431 g/mol. The van der Waals surface area contributed by atoms with Gasteiger partial charge in [0.2, 0.25) is 0 Å². The van der Waals surface area contributed by atoms with Crippen molar-refractivity contribution in [3.05, 3.63) is 113 Å². The Morgan fingerprint density at radius 1 is 0.971 bits per heavy atom. The van der Waals surface area contributed by atoms with Crippen LogP contribution in [0.5, 0.6) is 0 Å². The van der Waals surface area contributed by atoms with Crippen molar-refractivity contribution >= 4 is 45.7 Å². The van der Waals surface area contributed by atoms with Crippen molar-refractivity contribution in [3.8, 4) is 0 Å². The molecule has 0 saturated carbocycles. The average Bonchev–Trinajstić information content (AvgIpc) is 3.39. The first-order valence-electron chi connectivity index (χ1n) is 12.3. The predicted molar refractivity (Wildman–Crippen MR) is 142 cm³/mol. The molecule has 0 bridgehead atoms. The highest BCUT2D eigenvalue weighted by Gasteiger charge is 2.56. The quantitative estimate of drug-likeness (QED) is 0.378. The number of nitrogens with zero attached hydrogens (tertiary/aromatic N) is 1. The van der Waals surface area contributed by atoms with E-state index in [1.165, 1.54) is 49.8 Å². The number of para-hydroxylation sites is 2. The molecule has 3 aromatic carbocycles. The second kappa shape index (κ2) is 6.66. The third kappa shape index (κ3) is 2.21. The molecule has 2 unspecified atom stereocenters. The molecule has 0 saturated heterocycles. The van der Waals surface area contributed by atoms with E-state index in [1.54, 1.807) is 0 Å². The number of benzene rings is 3. The number of dihydropyridines is 1. The first kappa shape index (κ1) is 19.5. The molecule has 4 aliphatic rings. The predicted octanol–water partition coefficient (Wildman–Crippen LogP) is 4.22. The molecule has 0 fully saturated rings. The normalized spacial score (nSPS) is 23.4. The van der Waals surface area contributed by atoms with Gasteiger partial charge < -0.3 is 19.9 Å². The summed E-state index contributed by atoms with van der Waals surface area (Å²) in [5.74, 6) is 0.